The summed E-state index contributed by atoms with van der Waals surface area (Å²) in [5, 5.41) is 6.29. The molecule has 7 nitrogen and oxygen atoms in total. The second kappa shape index (κ2) is 11.6. The topological polar surface area (TPSA) is 99.7 Å². The van der Waals surface area contributed by atoms with E-state index in [1.807, 2.05) is 24.3 Å². The molecule has 10 heteroatoms. The molecule has 0 saturated heterocycles. The monoisotopic (exact) mass is 589 g/mol. The summed E-state index contributed by atoms with van der Waals surface area (Å²) in [6.07, 6.45) is 1.63. The van der Waals surface area contributed by atoms with E-state index in [1.165, 1.54) is 6.07 Å². The third-order valence-corrected chi connectivity index (χ3v) is 9.23. The van der Waals surface area contributed by atoms with Crippen molar-refractivity contribution in [3.8, 4) is 5.75 Å². The number of fused-ring (bicyclic) bond motifs is 1. The third-order valence-electron chi connectivity index (χ3n) is 6.73. The number of hydrogen-bond donors (Lipinski definition) is 4. The van der Waals surface area contributed by atoms with Crippen molar-refractivity contribution in [3.05, 3.63) is 94.3 Å². The van der Waals surface area contributed by atoms with Gasteiger partial charge in [-0.15, -0.1) is 9.53 Å². The number of rotatable bonds is 9. The van der Waals surface area contributed by atoms with Crippen LogP contribution in [0.4, 0.5) is 4.39 Å². The van der Waals surface area contributed by atoms with Gasteiger partial charge in [-0.05, 0) is 56.2 Å². The van der Waals surface area contributed by atoms with Gasteiger partial charge in [0.15, 0.2) is 0 Å². The summed E-state index contributed by atoms with van der Waals surface area (Å²) in [5.74, 6) is -0.248. The van der Waals surface area contributed by atoms with Crippen molar-refractivity contribution in [3.63, 3.8) is 0 Å². The first-order valence-electron chi connectivity index (χ1n) is 13.2. The van der Waals surface area contributed by atoms with Crippen molar-refractivity contribution in [1.82, 2.24) is 15.4 Å². The molecule has 0 spiro atoms. The molecular formula is C30H37ClFN3O4S. The van der Waals surface area contributed by atoms with E-state index >= 15 is 0 Å². The molecule has 0 saturated carbocycles. The first-order valence-corrected chi connectivity index (χ1v) is 15.9. The molecule has 40 heavy (non-hydrogen) atoms. The second-order valence-corrected chi connectivity index (χ2v) is 15.1. The maximum atomic E-state index is 13.8. The molecule has 3 aromatic rings. The maximum Gasteiger partial charge on any atom is 0.222 e. The lowest BCUT2D eigenvalue weighted by Gasteiger charge is -2.43. The predicted octanol–water partition coefficient (Wildman–Crippen LogP) is 5.93. The number of nitrogens with one attached hydrogen (secondary N) is 3. The summed E-state index contributed by atoms with van der Waals surface area (Å²) >= 11 is 5.90. The standard InChI is InChI=1S/C30H37ClFN3O4S/c1-30(2,3)33-19-20-10-12-23-26(14-15-39-28(23)16-20)34-29(36)18-27(21-8-6-5-7-9-21)35-40(4,37,38)22-11-13-25(32)24(31)17-22/h5-13,16-17,26-27,33H,14-15,18-19H2,1-4H3,(H,34,36)(H2,35,37,38)/t26-,27-/m1/s1. The van der Waals surface area contributed by atoms with E-state index in [0.29, 0.717) is 25.1 Å². The smallest absolute Gasteiger partial charge is 0.222 e. The molecule has 0 aliphatic carbocycles. The van der Waals surface area contributed by atoms with Crippen LogP contribution in [-0.4, -0.2) is 33.1 Å². The van der Waals surface area contributed by atoms with E-state index in [-0.39, 0.29) is 33.8 Å². The molecule has 1 aliphatic heterocycles. The lowest BCUT2D eigenvalue weighted by atomic mass is 9.97. The summed E-state index contributed by atoms with van der Waals surface area (Å²) < 4.78 is 47.6. The van der Waals surface area contributed by atoms with E-state index in [2.05, 4.69) is 36.1 Å². The van der Waals surface area contributed by atoms with Gasteiger partial charge in [0.25, 0.3) is 0 Å². The Hall–Kier alpha value is -2.82. The van der Waals surface area contributed by atoms with Crippen molar-refractivity contribution in [1.29, 1.82) is 0 Å². The molecule has 2 atom stereocenters. The molecule has 0 bridgehead atoms. The molecule has 1 amide bonds. The Bertz CT molecular complexity index is 1440. The van der Waals surface area contributed by atoms with Crippen LogP contribution in [0.1, 0.15) is 62.4 Å². The van der Waals surface area contributed by atoms with Gasteiger partial charge >= 0.3 is 0 Å². The normalized spacial score (nSPS) is 17.2. The summed E-state index contributed by atoms with van der Waals surface area (Å²) in [6.45, 7) is 7.47. The molecule has 0 fully saturated rings. The maximum absolute atomic E-state index is 13.8. The van der Waals surface area contributed by atoms with Gasteiger partial charge in [0, 0.05) is 36.7 Å². The van der Waals surface area contributed by atoms with Crippen LogP contribution in [0.5, 0.6) is 5.75 Å². The zero-order valence-electron chi connectivity index (χ0n) is 23.2. The quantitative estimate of drug-likeness (QED) is 0.248. The number of benzene rings is 3. The van der Waals surface area contributed by atoms with Crippen LogP contribution in [0.15, 0.2) is 71.6 Å². The van der Waals surface area contributed by atoms with Gasteiger partial charge < -0.3 is 15.4 Å². The SMILES string of the molecule is CC(C)(C)NCc1ccc2c(c1)OCC[C@H]2NC(=O)C[C@@H](NS(C)(=O)(O)c1ccc(F)c(Cl)c1)c1ccccc1. The Balaban J connectivity index is 1.53. The fraction of sp³-hybridized carbons (Fsp3) is 0.367. The van der Waals surface area contributed by atoms with E-state index in [0.717, 1.165) is 35.3 Å². The summed E-state index contributed by atoms with van der Waals surface area (Å²) in [7, 11) is -4.74. The van der Waals surface area contributed by atoms with E-state index in [4.69, 9.17) is 16.3 Å². The van der Waals surface area contributed by atoms with Crippen LogP contribution >= 0.6 is 11.6 Å². The summed E-state index contributed by atoms with van der Waals surface area (Å²) in [4.78, 5) is 13.3. The number of hydrogen-bond acceptors (Lipinski definition) is 4. The first-order chi connectivity index (χ1) is 18.7. The molecule has 0 aromatic heterocycles. The van der Waals surface area contributed by atoms with Gasteiger partial charge in [0.1, 0.15) is 11.6 Å². The first kappa shape index (κ1) is 30.1. The lowest BCUT2D eigenvalue weighted by Crippen LogP contribution is -2.49. The van der Waals surface area contributed by atoms with Crippen LogP contribution in [0, 0.1) is 5.82 Å². The Labute approximate surface area is 240 Å². The fourth-order valence-corrected chi connectivity index (χ4v) is 6.65. The van der Waals surface area contributed by atoms with Gasteiger partial charge in [-0.3, -0.25) is 9.35 Å². The molecule has 1 heterocycles. The van der Waals surface area contributed by atoms with Crippen LogP contribution in [-0.2, 0) is 20.9 Å². The van der Waals surface area contributed by atoms with Crippen molar-refractivity contribution in [2.45, 2.75) is 62.7 Å². The number of amides is 1. The molecule has 0 radical (unpaired) electrons. The largest absolute Gasteiger partial charge is 0.493 e. The molecule has 3 aromatic carbocycles. The average molecular weight is 590 g/mol. The van der Waals surface area contributed by atoms with E-state index in [1.54, 1.807) is 24.3 Å². The Kier molecular flexibility index (Phi) is 8.73. The van der Waals surface area contributed by atoms with Crippen LogP contribution in [0.3, 0.4) is 0 Å². The van der Waals surface area contributed by atoms with Crippen molar-refractivity contribution >= 4 is 27.0 Å². The molecule has 1 aliphatic rings. The molecule has 4 rings (SSSR count). The van der Waals surface area contributed by atoms with Gasteiger partial charge in [-0.1, -0.05) is 54.1 Å². The fourth-order valence-electron chi connectivity index (χ4n) is 4.59. The average Bonchev–Trinajstić information content (AvgIpc) is 2.88. The summed E-state index contributed by atoms with van der Waals surface area (Å²) in [5.41, 5.74) is 2.62. The number of halogens is 2. The predicted molar refractivity (Wildman–Crippen MR) is 157 cm³/mol. The highest BCUT2D eigenvalue weighted by atomic mass is 35.5. The Morgan fingerprint density at radius 2 is 1.88 bits per heavy atom. The highest BCUT2D eigenvalue weighted by molar-refractivity contribution is 8.12. The molecule has 216 valence electrons. The minimum absolute atomic E-state index is 0.0187. The number of ether oxygens (including phenoxy) is 1. The van der Waals surface area contributed by atoms with Gasteiger partial charge in [-0.2, -0.15) is 4.21 Å². The van der Waals surface area contributed by atoms with E-state index in [9.17, 15) is 17.9 Å². The van der Waals surface area contributed by atoms with Crippen LogP contribution < -0.4 is 20.1 Å². The van der Waals surface area contributed by atoms with Gasteiger partial charge in [0.05, 0.1) is 28.6 Å². The minimum Gasteiger partial charge on any atom is -0.493 e. The second-order valence-electron chi connectivity index (χ2n) is 11.4. The molecular weight excluding hydrogens is 553 g/mol. The van der Waals surface area contributed by atoms with E-state index < -0.39 is 21.4 Å². The molecule has 4 N–H and O–H groups in total. The summed E-state index contributed by atoms with van der Waals surface area (Å²) in [6, 6.07) is 17.3. The Morgan fingerprint density at radius 3 is 2.55 bits per heavy atom. The Morgan fingerprint density at radius 1 is 1.15 bits per heavy atom. The van der Waals surface area contributed by atoms with Gasteiger partial charge in [-0.25, -0.2) is 9.11 Å². The van der Waals surface area contributed by atoms with Gasteiger partial charge in [0.2, 0.25) is 5.91 Å². The number of carbonyl (C=O) groups excluding carboxylic acids is 1. The minimum atomic E-state index is -4.74. The third kappa shape index (κ3) is 7.67. The highest BCUT2D eigenvalue weighted by Crippen LogP contribution is 2.35. The zero-order valence-corrected chi connectivity index (χ0v) is 24.7. The highest BCUT2D eigenvalue weighted by Gasteiger charge is 2.31. The van der Waals surface area contributed by atoms with Crippen molar-refractivity contribution < 1.29 is 22.7 Å². The van der Waals surface area contributed by atoms with Crippen LogP contribution in [0.25, 0.3) is 0 Å². The molecule has 0 unspecified atom stereocenters. The van der Waals surface area contributed by atoms with Crippen molar-refractivity contribution in [2.75, 3.05) is 12.9 Å². The zero-order chi connectivity index (χ0) is 29.2. The number of carbonyl (C=O) groups is 1. The van der Waals surface area contributed by atoms with Crippen molar-refractivity contribution in [2.24, 2.45) is 0 Å². The van der Waals surface area contributed by atoms with Crippen LogP contribution in [0.2, 0.25) is 5.02 Å². The lowest BCUT2D eigenvalue weighted by molar-refractivity contribution is -0.122.